The third-order valence-corrected chi connectivity index (χ3v) is 16.3. The Kier molecular flexibility index (Phi) is 40.9. The number of nitrogens with one attached hydrogen (secondary N) is 1. The molecule has 0 radical (unpaired) electrons. The molecular formula is C61H115NO18. The van der Waals surface area contributed by atoms with Crippen LogP contribution in [0.25, 0.3) is 0 Å². The van der Waals surface area contributed by atoms with Gasteiger partial charge in [0.1, 0.15) is 73.2 Å². The molecule has 12 N–H and O–H groups in total. The summed E-state index contributed by atoms with van der Waals surface area (Å²) in [6, 6.07) is -0.967. The molecule has 19 nitrogen and oxygen atoms in total. The highest BCUT2D eigenvalue weighted by atomic mass is 16.8. The zero-order valence-corrected chi connectivity index (χ0v) is 49.3. The number of hydrogen-bond acceptors (Lipinski definition) is 18. The lowest BCUT2D eigenvalue weighted by molar-refractivity contribution is -0.379. The van der Waals surface area contributed by atoms with Gasteiger partial charge in [0.2, 0.25) is 5.91 Å². The van der Waals surface area contributed by atoms with Crippen molar-refractivity contribution in [2.24, 2.45) is 0 Å². The number of carbonyl (C=O) groups excluding carboxylic acids is 1. The molecule has 3 aliphatic heterocycles. The number of aliphatic hydroxyl groups is 11. The van der Waals surface area contributed by atoms with Crippen molar-refractivity contribution in [3.63, 3.8) is 0 Å². The molecule has 17 atom stereocenters. The van der Waals surface area contributed by atoms with E-state index in [1.165, 1.54) is 167 Å². The SMILES string of the molecule is CCCCCCCCCCCCCCCCCCCCCCC/C=C/C(O)C(COC1OC(CO)C(OC2OC(CO)C(OC3OC(CO)C(O)C(O)C3O)C(O)C2O)C(O)C1O)NC(=O)CCCCCCCCCCCCCC. The predicted octanol–water partition coefficient (Wildman–Crippen LogP) is 6.55. The van der Waals surface area contributed by atoms with Crippen LogP contribution in [0.2, 0.25) is 0 Å². The van der Waals surface area contributed by atoms with E-state index in [4.69, 9.17) is 28.4 Å². The number of allylic oxidation sites excluding steroid dienone is 1. The Hall–Kier alpha value is -1.47. The normalized spacial score (nSPS) is 30.0. The van der Waals surface area contributed by atoms with E-state index < -0.39 is 124 Å². The lowest BCUT2D eigenvalue weighted by atomic mass is 9.96. The van der Waals surface area contributed by atoms with Crippen molar-refractivity contribution in [3.05, 3.63) is 12.2 Å². The monoisotopic (exact) mass is 1150 g/mol. The highest BCUT2D eigenvalue weighted by molar-refractivity contribution is 5.76. The van der Waals surface area contributed by atoms with Crippen molar-refractivity contribution in [3.8, 4) is 0 Å². The summed E-state index contributed by atoms with van der Waals surface area (Å²) in [6.45, 7) is 1.74. The fraction of sp³-hybridized carbons (Fsp3) is 0.951. The molecule has 0 aliphatic carbocycles. The van der Waals surface area contributed by atoms with Crippen LogP contribution in [0.3, 0.4) is 0 Å². The van der Waals surface area contributed by atoms with Crippen LogP contribution in [0, 0.1) is 0 Å². The molecule has 3 heterocycles. The van der Waals surface area contributed by atoms with Gasteiger partial charge in [0.15, 0.2) is 18.9 Å². The average molecular weight is 1150 g/mol. The summed E-state index contributed by atoms with van der Waals surface area (Å²) < 4.78 is 34.3. The smallest absolute Gasteiger partial charge is 0.220 e. The molecule has 0 aromatic heterocycles. The number of amides is 1. The molecule has 80 heavy (non-hydrogen) atoms. The van der Waals surface area contributed by atoms with Crippen molar-refractivity contribution >= 4 is 5.91 Å². The summed E-state index contributed by atoms with van der Waals surface area (Å²) in [5.74, 6) is -0.274. The Morgan fingerprint density at radius 1 is 0.438 bits per heavy atom. The molecule has 3 aliphatic rings. The van der Waals surface area contributed by atoms with Crippen molar-refractivity contribution in [1.82, 2.24) is 5.32 Å². The van der Waals surface area contributed by atoms with Crippen molar-refractivity contribution in [2.75, 3.05) is 26.4 Å². The molecule has 0 aromatic carbocycles. The first-order chi connectivity index (χ1) is 38.8. The number of aliphatic hydroxyl groups excluding tert-OH is 11. The fourth-order valence-electron chi connectivity index (χ4n) is 11.1. The van der Waals surface area contributed by atoms with Crippen LogP contribution in [0.1, 0.15) is 239 Å². The van der Waals surface area contributed by atoms with E-state index in [-0.39, 0.29) is 18.9 Å². The van der Waals surface area contributed by atoms with Gasteiger partial charge >= 0.3 is 0 Å². The molecule has 3 rings (SSSR count). The molecule has 3 saturated heterocycles. The summed E-state index contributed by atoms with van der Waals surface area (Å²) in [6.07, 6.45) is 19.1. The van der Waals surface area contributed by atoms with Crippen LogP contribution < -0.4 is 5.32 Å². The Labute approximate surface area is 480 Å². The van der Waals surface area contributed by atoms with E-state index >= 15 is 0 Å². The zero-order chi connectivity index (χ0) is 58.3. The maximum absolute atomic E-state index is 13.3. The second-order valence-electron chi connectivity index (χ2n) is 23.2. The number of hydrogen-bond donors (Lipinski definition) is 12. The van der Waals surface area contributed by atoms with E-state index in [1.54, 1.807) is 6.08 Å². The summed E-state index contributed by atoms with van der Waals surface area (Å²) >= 11 is 0. The first-order valence-electron chi connectivity index (χ1n) is 31.9. The van der Waals surface area contributed by atoms with Gasteiger partial charge in [-0.15, -0.1) is 0 Å². The minimum absolute atomic E-state index is 0.248. The van der Waals surface area contributed by atoms with E-state index in [0.29, 0.717) is 6.42 Å². The summed E-state index contributed by atoms with van der Waals surface area (Å²) in [5, 5.41) is 120. The molecule has 0 bridgehead atoms. The molecule has 0 saturated carbocycles. The van der Waals surface area contributed by atoms with Gasteiger partial charge in [0.05, 0.1) is 38.6 Å². The van der Waals surface area contributed by atoms with Crippen LogP contribution in [0.4, 0.5) is 0 Å². The average Bonchev–Trinajstić information content (AvgIpc) is 3.56. The van der Waals surface area contributed by atoms with Crippen LogP contribution in [-0.4, -0.2) is 193 Å². The number of unbranched alkanes of at least 4 members (excludes halogenated alkanes) is 32. The van der Waals surface area contributed by atoms with Gasteiger partial charge in [-0.1, -0.05) is 225 Å². The van der Waals surface area contributed by atoms with Gasteiger partial charge in [0.25, 0.3) is 0 Å². The van der Waals surface area contributed by atoms with Gasteiger partial charge in [-0.3, -0.25) is 4.79 Å². The van der Waals surface area contributed by atoms with E-state index in [9.17, 15) is 61.0 Å². The van der Waals surface area contributed by atoms with Crippen LogP contribution >= 0.6 is 0 Å². The fourth-order valence-corrected chi connectivity index (χ4v) is 11.1. The molecule has 1 amide bonds. The molecule has 472 valence electrons. The second-order valence-corrected chi connectivity index (χ2v) is 23.2. The van der Waals surface area contributed by atoms with Crippen LogP contribution in [-0.2, 0) is 33.2 Å². The third kappa shape index (κ3) is 28.2. The van der Waals surface area contributed by atoms with Crippen molar-refractivity contribution in [2.45, 2.75) is 343 Å². The minimum atomic E-state index is -1.97. The number of carbonyl (C=O) groups is 1. The first-order valence-corrected chi connectivity index (χ1v) is 31.9. The maximum atomic E-state index is 13.3. The maximum Gasteiger partial charge on any atom is 0.220 e. The van der Waals surface area contributed by atoms with Gasteiger partial charge < -0.3 is 89.9 Å². The standard InChI is InChI=1S/C61H115NO18/c1-3-5-7-9-11-13-15-17-18-19-20-21-22-23-24-25-26-27-28-30-32-34-36-38-45(66)44(62-49(67)39-37-35-33-31-29-16-14-12-10-8-6-4-2)43-75-59-55(73)52(70)57(47(41-64)77-59)80-61-56(74)53(71)58(48(42-65)78-61)79-60-54(72)51(69)50(68)46(40-63)76-60/h36,38,44-48,50-61,63-66,68-74H,3-35,37,39-43H2,1-2H3,(H,62,67)/b38-36+. The van der Waals surface area contributed by atoms with Crippen molar-refractivity contribution < 1.29 is 89.4 Å². The third-order valence-electron chi connectivity index (χ3n) is 16.3. The first kappa shape index (κ1) is 72.8. The van der Waals surface area contributed by atoms with E-state index in [1.807, 2.05) is 6.08 Å². The molecule has 3 fully saturated rings. The second kappa shape index (κ2) is 44.9. The van der Waals surface area contributed by atoms with E-state index in [0.717, 1.165) is 44.9 Å². The summed E-state index contributed by atoms with van der Waals surface area (Å²) in [4.78, 5) is 13.3. The summed E-state index contributed by atoms with van der Waals surface area (Å²) in [7, 11) is 0. The topological polar surface area (TPSA) is 307 Å². The van der Waals surface area contributed by atoms with Gasteiger partial charge in [-0.25, -0.2) is 0 Å². The predicted molar refractivity (Wildman–Crippen MR) is 305 cm³/mol. The van der Waals surface area contributed by atoms with Gasteiger partial charge in [0, 0.05) is 6.42 Å². The highest BCUT2D eigenvalue weighted by Gasteiger charge is 2.53. The number of rotatable bonds is 48. The molecule has 0 spiro atoms. The summed E-state index contributed by atoms with van der Waals surface area (Å²) in [5.41, 5.74) is 0. The Balaban J connectivity index is 1.46. The Morgan fingerprint density at radius 2 is 0.775 bits per heavy atom. The quantitative estimate of drug-likeness (QED) is 0.0227. The molecule has 0 aromatic rings. The van der Waals surface area contributed by atoms with E-state index in [2.05, 4.69) is 19.2 Å². The zero-order valence-electron chi connectivity index (χ0n) is 49.3. The molecular weight excluding hydrogens is 1030 g/mol. The lowest BCUT2D eigenvalue weighted by Crippen LogP contribution is -2.66. The van der Waals surface area contributed by atoms with Crippen molar-refractivity contribution in [1.29, 1.82) is 0 Å². The Bertz CT molecular complexity index is 1510. The molecule has 17 unspecified atom stereocenters. The van der Waals surface area contributed by atoms with Gasteiger partial charge in [-0.05, 0) is 19.3 Å². The van der Waals surface area contributed by atoms with Crippen LogP contribution in [0.5, 0.6) is 0 Å². The van der Waals surface area contributed by atoms with Crippen LogP contribution in [0.15, 0.2) is 12.2 Å². The Morgan fingerprint density at radius 3 is 1.18 bits per heavy atom. The van der Waals surface area contributed by atoms with Gasteiger partial charge in [-0.2, -0.15) is 0 Å². The molecule has 19 heteroatoms. The highest BCUT2D eigenvalue weighted by Crippen LogP contribution is 2.33. The largest absolute Gasteiger partial charge is 0.394 e. The lowest BCUT2D eigenvalue weighted by Gasteiger charge is -2.48. The minimum Gasteiger partial charge on any atom is -0.394 e. The number of ether oxygens (including phenoxy) is 6.